The molecule has 1 aromatic carbocycles. The molecule has 0 fully saturated rings. The Kier molecular flexibility index (Phi) is 7.71. The third-order valence-corrected chi connectivity index (χ3v) is 3.58. The van der Waals surface area contributed by atoms with Crippen molar-refractivity contribution < 1.29 is 19.5 Å². The van der Waals surface area contributed by atoms with Crippen LogP contribution in [0, 0.1) is 5.92 Å². The maximum Gasteiger partial charge on any atom is 0.326 e. The Hall–Kier alpha value is -2.08. The zero-order chi connectivity index (χ0) is 18.3. The number of rotatable bonds is 8. The van der Waals surface area contributed by atoms with E-state index in [-0.39, 0.29) is 18.2 Å². The molecular formula is C17H23ClN2O4. The molecule has 3 N–H and O–H groups in total. The molecule has 7 heteroatoms. The van der Waals surface area contributed by atoms with Crippen LogP contribution in [0.2, 0.25) is 5.02 Å². The molecule has 0 aromatic heterocycles. The molecule has 0 unspecified atom stereocenters. The van der Waals surface area contributed by atoms with Gasteiger partial charge in [-0.05, 0) is 30.0 Å². The van der Waals surface area contributed by atoms with Crippen molar-refractivity contribution in [3.63, 3.8) is 0 Å². The molecule has 6 nitrogen and oxygen atoms in total. The van der Waals surface area contributed by atoms with Crippen molar-refractivity contribution in [2.75, 3.05) is 0 Å². The lowest BCUT2D eigenvalue weighted by Gasteiger charge is -2.22. The second-order valence-corrected chi connectivity index (χ2v) is 6.55. The quantitative estimate of drug-likeness (QED) is 0.665. The first-order valence-electron chi connectivity index (χ1n) is 7.73. The molecular weight excluding hydrogens is 332 g/mol. The van der Waals surface area contributed by atoms with E-state index >= 15 is 0 Å². The summed E-state index contributed by atoms with van der Waals surface area (Å²) in [5.41, 5.74) is 0.704. The van der Waals surface area contributed by atoms with Gasteiger partial charge in [0.05, 0.1) is 0 Å². The fourth-order valence-electron chi connectivity index (χ4n) is 2.32. The summed E-state index contributed by atoms with van der Waals surface area (Å²) in [6, 6.07) is 4.95. The minimum atomic E-state index is -1.14. The molecule has 0 aliphatic heterocycles. The first-order chi connectivity index (χ1) is 11.2. The smallest absolute Gasteiger partial charge is 0.326 e. The van der Waals surface area contributed by atoms with Crippen LogP contribution in [0.15, 0.2) is 24.3 Å². The highest BCUT2D eigenvalue weighted by molar-refractivity contribution is 6.30. The van der Waals surface area contributed by atoms with E-state index in [1.165, 1.54) is 6.92 Å². The highest BCUT2D eigenvalue weighted by atomic mass is 35.5. The van der Waals surface area contributed by atoms with Crippen molar-refractivity contribution >= 4 is 29.4 Å². The summed E-state index contributed by atoms with van der Waals surface area (Å²) >= 11 is 5.90. The lowest BCUT2D eigenvalue weighted by Crippen LogP contribution is -2.52. The number of aliphatic carboxylic acids is 1. The van der Waals surface area contributed by atoms with E-state index in [0.29, 0.717) is 17.0 Å². The summed E-state index contributed by atoms with van der Waals surface area (Å²) in [6.45, 7) is 5.16. The number of halogens is 1. The van der Waals surface area contributed by atoms with E-state index in [4.69, 9.17) is 11.6 Å². The topological polar surface area (TPSA) is 95.5 Å². The Morgan fingerprint density at radius 3 is 2.33 bits per heavy atom. The molecule has 0 saturated carbocycles. The first kappa shape index (κ1) is 20.0. The van der Waals surface area contributed by atoms with Gasteiger partial charge in [-0.1, -0.05) is 37.6 Å². The van der Waals surface area contributed by atoms with Crippen molar-refractivity contribution in [3.05, 3.63) is 34.9 Å². The van der Waals surface area contributed by atoms with Gasteiger partial charge in [0.15, 0.2) is 0 Å². The van der Waals surface area contributed by atoms with Crippen LogP contribution in [-0.2, 0) is 20.8 Å². The van der Waals surface area contributed by atoms with Gasteiger partial charge in [0.1, 0.15) is 12.1 Å². The number of carbonyl (C=O) groups is 3. The van der Waals surface area contributed by atoms with Crippen molar-refractivity contribution in [1.29, 1.82) is 0 Å². The van der Waals surface area contributed by atoms with Gasteiger partial charge in [-0.25, -0.2) is 4.79 Å². The SMILES string of the molecule is CC(=O)N[C@@H](CC(C)C)C(=O)N[C@H](Cc1cccc(Cl)c1)C(=O)O. The third kappa shape index (κ3) is 7.00. The normalized spacial score (nSPS) is 13.2. The summed E-state index contributed by atoms with van der Waals surface area (Å²) in [6.07, 6.45) is 0.533. The number of nitrogens with one attached hydrogen (secondary N) is 2. The van der Waals surface area contributed by atoms with E-state index < -0.39 is 24.0 Å². The number of carboxylic acids is 1. The number of hydrogen-bond donors (Lipinski definition) is 3. The van der Waals surface area contributed by atoms with E-state index in [2.05, 4.69) is 10.6 Å². The van der Waals surface area contributed by atoms with Gasteiger partial charge in [0.2, 0.25) is 11.8 Å². The molecule has 2 amide bonds. The molecule has 0 aliphatic rings. The predicted octanol–water partition coefficient (Wildman–Crippen LogP) is 2.00. The van der Waals surface area contributed by atoms with Crippen molar-refractivity contribution in [2.45, 2.75) is 45.7 Å². The van der Waals surface area contributed by atoms with Gasteiger partial charge in [-0.15, -0.1) is 0 Å². The molecule has 0 spiro atoms. The first-order valence-corrected chi connectivity index (χ1v) is 8.11. The van der Waals surface area contributed by atoms with Gasteiger partial charge in [0.25, 0.3) is 0 Å². The van der Waals surface area contributed by atoms with E-state index in [1.807, 2.05) is 13.8 Å². The molecule has 0 bridgehead atoms. The predicted molar refractivity (Wildman–Crippen MR) is 91.8 cm³/mol. The van der Waals surface area contributed by atoms with Gasteiger partial charge in [-0.3, -0.25) is 9.59 Å². The Bertz CT molecular complexity index is 604. The summed E-state index contributed by atoms with van der Waals surface area (Å²) in [7, 11) is 0. The van der Waals surface area contributed by atoms with Crippen LogP contribution in [0.25, 0.3) is 0 Å². The summed E-state index contributed by atoms with van der Waals surface area (Å²) < 4.78 is 0. The van der Waals surface area contributed by atoms with Crippen LogP contribution in [-0.4, -0.2) is 35.0 Å². The van der Waals surface area contributed by atoms with Gasteiger partial charge >= 0.3 is 5.97 Å². The fraction of sp³-hybridized carbons (Fsp3) is 0.471. The second kappa shape index (κ2) is 9.27. The van der Waals surface area contributed by atoms with E-state index in [1.54, 1.807) is 24.3 Å². The lowest BCUT2D eigenvalue weighted by atomic mass is 10.0. The molecule has 1 rings (SSSR count). The number of hydrogen-bond acceptors (Lipinski definition) is 3. The van der Waals surface area contributed by atoms with Crippen LogP contribution in [0.3, 0.4) is 0 Å². The van der Waals surface area contributed by atoms with Gasteiger partial charge < -0.3 is 15.7 Å². The molecule has 0 saturated heterocycles. The maximum absolute atomic E-state index is 12.4. The van der Waals surface area contributed by atoms with Crippen molar-refractivity contribution in [2.24, 2.45) is 5.92 Å². The number of carbonyl (C=O) groups excluding carboxylic acids is 2. The zero-order valence-electron chi connectivity index (χ0n) is 14.0. The Balaban J connectivity index is 2.83. The molecule has 0 heterocycles. The average molecular weight is 355 g/mol. The summed E-state index contributed by atoms with van der Waals surface area (Å²) in [5, 5.41) is 14.9. The lowest BCUT2D eigenvalue weighted by molar-refractivity contribution is -0.142. The minimum absolute atomic E-state index is 0.107. The highest BCUT2D eigenvalue weighted by Gasteiger charge is 2.26. The van der Waals surface area contributed by atoms with Crippen molar-refractivity contribution in [3.8, 4) is 0 Å². The monoisotopic (exact) mass is 354 g/mol. The second-order valence-electron chi connectivity index (χ2n) is 6.12. The Morgan fingerprint density at radius 2 is 1.83 bits per heavy atom. The van der Waals surface area contributed by atoms with Crippen LogP contribution in [0.4, 0.5) is 0 Å². The van der Waals surface area contributed by atoms with Crippen LogP contribution >= 0.6 is 11.6 Å². The molecule has 1 aromatic rings. The largest absolute Gasteiger partial charge is 0.480 e. The molecule has 2 atom stereocenters. The van der Waals surface area contributed by atoms with Crippen LogP contribution in [0.1, 0.15) is 32.8 Å². The number of amides is 2. The van der Waals surface area contributed by atoms with Gasteiger partial charge in [0, 0.05) is 18.4 Å². The zero-order valence-corrected chi connectivity index (χ0v) is 14.8. The standard InChI is InChI=1S/C17H23ClN2O4/c1-10(2)7-14(19-11(3)21)16(22)20-15(17(23)24)9-12-5-4-6-13(18)8-12/h4-6,8,10,14-15H,7,9H2,1-3H3,(H,19,21)(H,20,22)(H,23,24)/t14-,15+/m0/s1. The molecule has 24 heavy (non-hydrogen) atoms. The van der Waals surface area contributed by atoms with E-state index in [0.717, 1.165) is 0 Å². The van der Waals surface area contributed by atoms with Gasteiger partial charge in [-0.2, -0.15) is 0 Å². The Morgan fingerprint density at radius 1 is 1.17 bits per heavy atom. The maximum atomic E-state index is 12.4. The summed E-state index contributed by atoms with van der Waals surface area (Å²) in [4.78, 5) is 35.1. The van der Waals surface area contributed by atoms with E-state index in [9.17, 15) is 19.5 Å². The minimum Gasteiger partial charge on any atom is -0.480 e. The molecule has 0 aliphatic carbocycles. The number of benzene rings is 1. The van der Waals surface area contributed by atoms with Crippen molar-refractivity contribution in [1.82, 2.24) is 10.6 Å². The molecule has 132 valence electrons. The van der Waals surface area contributed by atoms with Crippen LogP contribution in [0.5, 0.6) is 0 Å². The van der Waals surface area contributed by atoms with Crippen LogP contribution < -0.4 is 10.6 Å². The number of carboxylic acid groups (broad SMARTS) is 1. The summed E-state index contributed by atoms with van der Waals surface area (Å²) in [5.74, 6) is -1.82. The highest BCUT2D eigenvalue weighted by Crippen LogP contribution is 2.13. The molecule has 0 radical (unpaired) electrons. The Labute approximate surface area is 146 Å². The fourth-order valence-corrected chi connectivity index (χ4v) is 2.53. The third-order valence-electron chi connectivity index (χ3n) is 3.34. The average Bonchev–Trinajstić information content (AvgIpc) is 2.44.